The Bertz CT molecular complexity index is 1240. The number of carbonyl (C=O) groups excluding carboxylic acids is 3. The van der Waals surface area contributed by atoms with E-state index in [2.05, 4.69) is 20.9 Å². The third kappa shape index (κ3) is 6.35. The molecule has 35 heavy (non-hydrogen) atoms. The molecule has 1 aliphatic heterocycles. The summed E-state index contributed by atoms with van der Waals surface area (Å²) in [5, 5.41) is 8.03. The Balaban J connectivity index is 0.000000363. The molecule has 4 rings (SSSR count). The highest BCUT2D eigenvalue weighted by Crippen LogP contribution is 2.29. The van der Waals surface area contributed by atoms with Gasteiger partial charge in [0.25, 0.3) is 11.8 Å². The van der Waals surface area contributed by atoms with Crippen LogP contribution in [0.3, 0.4) is 0 Å². The number of nitrogens with one attached hydrogen (secondary N) is 3. The fourth-order valence-electron chi connectivity index (χ4n) is 3.11. The molecule has 0 saturated carbocycles. The number of hydrogen-bond donors (Lipinski definition) is 3. The van der Waals surface area contributed by atoms with Gasteiger partial charge in [0, 0.05) is 18.3 Å². The predicted molar refractivity (Wildman–Crippen MR) is 118 cm³/mol. The summed E-state index contributed by atoms with van der Waals surface area (Å²) in [6.45, 7) is -0.0583. The molecular weight excluding hydrogens is 494 g/mol. The van der Waals surface area contributed by atoms with E-state index in [4.69, 9.17) is 11.6 Å². The van der Waals surface area contributed by atoms with E-state index in [1.165, 1.54) is 41.9 Å². The van der Waals surface area contributed by atoms with E-state index in [1.54, 1.807) is 0 Å². The van der Waals surface area contributed by atoms with Crippen LogP contribution in [0, 0.1) is 5.82 Å². The third-order valence-corrected chi connectivity index (χ3v) is 5.05. The summed E-state index contributed by atoms with van der Waals surface area (Å²) in [5.74, 6) is -1.89. The molecule has 0 saturated heterocycles. The first-order valence-corrected chi connectivity index (χ1v) is 10.3. The van der Waals surface area contributed by atoms with Gasteiger partial charge in [-0.25, -0.2) is 4.39 Å². The van der Waals surface area contributed by atoms with Gasteiger partial charge in [-0.15, -0.1) is 0 Å². The van der Waals surface area contributed by atoms with E-state index in [0.29, 0.717) is 16.8 Å². The van der Waals surface area contributed by atoms with Crippen molar-refractivity contribution in [3.8, 4) is 0 Å². The zero-order valence-corrected chi connectivity index (χ0v) is 18.8. The van der Waals surface area contributed by atoms with E-state index in [-0.39, 0.29) is 36.2 Å². The lowest BCUT2D eigenvalue weighted by atomic mass is 10.2. The summed E-state index contributed by atoms with van der Waals surface area (Å²) >= 11 is 5.44. The van der Waals surface area contributed by atoms with Gasteiger partial charge in [-0.05, 0) is 42.5 Å². The summed E-state index contributed by atoms with van der Waals surface area (Å²) in [6.07, 6.45) is -3.72. The number of halogens is 5. The second kappa shape index (κ2) is 10.6. The van der Waals surface area contributed by atoms with Gasteiger partial charge in [-0.1, -0.05) is 11.6 Å². The molecule has 0 aliphatic carbocycles. The largest absolute Gasteiger partial charge is 0.416 e. The van der Waals surface area contributed by atoms with Gasteiger partial charge in [0.2, 0.25) is 5.91 Å². The van der Waals surface area contributed by atoms with Gasteiger partial charge in [0.1, 0.15) is 23.7 Å². The van der Waals surface area contributed by atoms with E-state index in [9.17, 15) is 31.9 Å². The lowest BCUT2D eigenvalue weighted by Gasteiger charge is -2.19. The maximum atomic E-state index is 12.8. The maximum Gasteiger partial charge on any atom is 0.416 e. The van der Waals surface area contributed by atoms with Crippen molar-refractivity contribution in [1.29, 1.82) is 0 Å². The van der Waals surface area contributed by atoms with Crippen LogP contribution < -0.4 is 16.0 Å². The molecule has 0 bridgehead atoms. The molecule has 0 fully saturated rings. The average Bonchev–Trinajstić information content (AvgIpc) is 3.17. The molecule has 1 aromatic carbocycles. The maximum absolute atomic E-state index is 12.8. The smallest absolute Gasteiger partial charge is 0.354 e. The van der Waals surface area contributed by atoms with Crippen molar-refractivity contribution in [2.45, 2.75) is 19.3 Å². The van der Waals surface area contributed by atoms with Crippen molar-refractivity contribution in [2.24, 2.45) is 0 Å². The van der Waals surface area contributed by atoms with Crippen molar-refractivity contribution in [1.82, 2.24) is 20.2 Å². The number of pyridine rings is 1. The van der Waals surface area contributed by atoms with Gasteiger partial charge in [-0.2, -0.15) is 13.2 Å². The van der Waals surface area contributed by atoms with Crippen LogP contribution in [0.5, 0.6) is 0 Å². The van der Waals surface area contributed by atoms with Crippen LogP contribution in [0.4, 0.5) is 23.2 Å². The van der Waals surface area contributed by atoms with Crippen molar-refractivity contribution >= 4 is 35.0 Å². The summed E-state index contributed by atoms with van der Waals surface area (Å²) in [7, 11) is 1.41. The van der Waals surface area contributed by atoms with E-state index in [1.807, 2.05) is 0 Å². The van der Waals surface area contributed by atoms with Crippen molar-refractivity contribution in [2.75, 3.05) is 12.4 Å². The summed E-state index contributed by atoms with van der Waals surface area (Å²) in [5.41, 5.74) is -0.619. The minimum Gasteiger partial charge on any atom is -0.354 e. The van der Waals surface area contributed by atoms with Crippen LogP contribution in [0.15, 0.2) is 48.7 Å². The number of nitrogens with zero attached hydrogens (tertiary/aromatic N) is 2. The zero-order valence-electron chi connectivity index (χ0n) is 18.0. The number of anilines is 1. The zero-order chi connectivity index (χ0) is 25.8. The molecule has 184 valence electrons. The number of hydrogen-bond acceptors (Lipinski definition) is 4. The van der Waals surface area contributed by atoms with Crippen LogP contribution in [0.2, 0.25) is 5.02 Å². The number of carbonyl (C=O) groups is 3. The Kier molecular flexibility index (Phi) is 7.75. The monoisotopic (exact) mass is 511 g/mol. The number of aromatic nitrogens is 2. The Morgan fingerprint density at radius 2 is 1.80 bits per heavy atom. The van der Waals surface area contributed by atoms with Gasteiger partial charge in [0.15, 0.2) is 0 Å². The molecule has 3 N–H and O–H groups in total. The van der Waals surface area contributed by atoms with E-state index in [0.717, 1.165) is 12.3 Å². The molecule has 3 amide bonds. The van der Waals surface area contributed by atoms with Crippen LogP contribution in [-0.4, -0.2) is 34.3 Å². The Hall–Kier alpha value is -3.93. The second-order valence-corrected chi connectivity index (χ2v) is 7.59. The summed E-state index contributed by atoms with van der Waals surface area (Å²) < 4.78 is 51.9. The number of amides is 3. The number of rotatable bonds is 3. The van der Waals surface area contributed by atoms with Crippen molar-refractivity contribution in [3.63, 3.8) is 0 Å². The predicted octanol–water partition coefficient (Wildman–Crippen LogP) is 3.62. The molecule has 0 radical (unpaired) electrons. The van der Waals surface area contributed by atoms with Crippen LogP contribution in [0.1, 0.15) is 32.2 Å². The molecule has 3 heterocycles. The van der Waals surface area contributed by atoms with Gasteiger partial charge < -0.3 is 20.5 Å². The lowest BCUT2D eigenvalue weighted by molar-refractivity contribution is -0.137. The first-order chi connectivity index (χ1) is 16.5. The molecule has 8 nitrogen and oxygen atoms in total. The van der Waals surface area contributed by atoms with E-state index >= 15 is 0 Å². The molecular formula is C22H18ClF4N5O3. The van der Waals surface area contributed by atoms with Crippen molar-refractivity contribution < 1.29 is 31.9 Å². The quantitative estimate of drug-likeness (QED) is 0.467. The van der Waals surface area contributed by atoms with Gasteiger partial charge in [0.05, 0.1) is 23.5 Å². The minimum atomic E-state index is -4.61. The number of benzene rings is 1. The molecule has 2 aromatic heterocycles. The van der Waals surface area contributed by atoms with Crippen LogP contribution in [-0.2, 0) is 24.1 Å². The Labute approximate surface area is 201 Å². The van der Waals surface area contributed by atoms with Gasteiger partial charge in [-0.3, -0.25) is 19.4 Å². The van der Waals surface area contributed by atoms with Crippen molar-refractivity contribution in [3.05, 3.63) is 82.1 Å². The second-order valence-electron chi connectivity index (χ2n) is 7.15. The molecule has 3 aromatic rings. The summed E-state index contributed by atoms with van der Waals surface area (Å²) in [4.78, 5) is 39.6. The highest BCUT2D eigenvalue weighted by Gasteiger charge is 2.32. The molecule has 0 spiro atoms. The van der Waals surface area contributed by atoms with Crippen LogP contribution >= 0.6 is 11.6 Å². The molecule has 1 aliphatic rings. The summed E-state index contributed by atoms with van der Waals surface area (Å²) in [6, 6.07) is 8.42. The standard InChI is InChI=1S/C16H14F3N5O3.C6H4ClF/c1-20-15(27)11-5-9(12-6-22-13(25)7-24(11)12)23-14(26)10-4-8(2-3-21-10)16(17,18)19;7-5-1-3-6(8)4-2-5/h2-5H,6-7H2,1H3,(H,20,27)(H,22,25)(H,23,26);1-4H. The molecule has 13 heteroatoms. The fourth-order valence-corrected chi connectivity index (χ4v) is 3.24. The first-order valence-electron chi connectivity index (χ1n) is 9.96. The average molecular weight is 512 g/mol. The minimum absolute atomic E-state index is 0.0570. The molecule has 0 atom stereocenters. The molecule has 0 unspecified atom stereocenters. The Morgan fingerprint density at radius 1 is 1.11 bits per heavy atom. The van der Waals surface area contributed by atoms with E-state index < -0.39 is 29.2 Å². The first kappa shape index (κ1) is 25.7. The topological polar surface area (TPSA) is 105 Å². The van der Waals surface area contributed by atoms with Crippen LogP contribution in [0.25, 0.3) is 0 Å². The highest BCUT2D eigenvalue weighted by atomic mass is 35.5. The fraction of sp³-hybridized carbons (Fsp3) is 0.182. The number of fused-ring (bicyclic) bond motifs is 1. The highest BCUT2D eigenvalue weighted by molar-refractivity contribution is 6.30. The lowest BCUT2D eigenvalue weighted by Crippen LogP contribution is -2.36. The van der Waals surface area contributed by atoms with Gasteiger partial charge >= 0.3 is 6.18 Å². The number of alkyl halides is 3. The third-order valence-electron chi connectivity index (χ3n) is 4.79. The Morgan fingerprint density at radius 3 is 2.40 bits per heavy atom. The normalized spacial score (nSPS) is 12.6. The SMILES string of the molecule is CNC(=O)c1cc(NC(=O)c2cc(C(F)(F)F)ccn2)c2n1CC(=O)NC2.Fc1ccc(Cl)cc1.